The minimum Gasteiger partial charge on any atom is -0.496 e. The van der Waals surface area contributed by atoms with Gasteiger partial charge in [0.25, 0.3) is 0 Å². The van der Waals surface area contributed by atoms with Crippen molar-refractivity contribution in [1.82, 2.24) is 4.90 Å². The number of halogens is 1. The lowest BCUT2D eigenvalue weighted by Crippen LogP contribution is -2.46. The number of carbonyl (C=O) groups excluding carboxylic acids is 2. The van der Waals surface area contributed by atoms with Gasteiger partial charge in [-0.2, -0.15) is 0 Å². The molecule has 0 saturated carbocycles. The number of rotatable bonds is 6. The van der Waals surface area contributed by atoms with Crippen LogP contribution in [0.4, 0.5) is 14.9 Å². The number of methoxy groups -OCH3 is 2. The first-order valence-electron chi connectivity index (χ1n) is 10.1. The highest BCUT2D eigenvalue weighted by atomic mass is 19.1. The van der Waals surface area contributed by atoms with Gasteiger partial charge in [-0.15, -0.1) is 0 Å². The molecule has 0 radical (unpaired) electrons. The number of piperidine rings is 1. The predicted octanol–water partition coefficient (Wildman–Crippen LogP) is 3.86. The van der Waals surface area contributed by atoms with Crippen molar-refractivity contribution in [3.8, 4) is 5.75 Å². The highest BCUT2D eigenvalue weighted by molar-refractivity contribution is 5.93. The van der Waals surface area contributed by atoms with Crippen molar-refractivity contribution in [2.45, 2.75) is 25.5 Å². The molecule has 1 heterocycles. The van der Waals surface area contributed by atoms with Crippen LogP contribution in [-0.4, -0.2) is 57.4 Å². The van der Waals surface area contributed by atoms with E-state index in [0.29, 0.717) is 31.6 Å². The number of carbonyl (C=O) groups is 2. The predicted molar refractivity (Wildman–Crippen MR) is 114 cm³/mol. The maximum atomic E-state index is 14.7. The van der Waals surface area contributed by atoms with E-state index in [1.54, 1.807) is 11.9 Å². The van der Waals surface area contributed by atoms with Gasteiger partial charge in [0.05, 0.1) is 19.9 Å². The van der Waals surface area contributed by atoms with Crippen molar-refractivity contribution in [3.63, 3.8) is 0 Å². The van der Waals surface area contributed by atoms with Crippen LogP contribution in [0.25, 0.3) is 0 Å². The van der Waals surface area contributed by atoms with Gasteiger partial charge in [0.1, 0.15) is 23.7 Å². The van der Waals surface area contributed by atoms with Crippen LogP contribution in [0, 0.1) is 5.82 Å². The van der Waals surface area contributed by atoms with Crippen LogP contribution in [-0.2, 0) is 16.1 Å². The van der Waals surface area contributed by atoms with E-state index in [-0.39, 0.29) is 30.1 Å². The van der Waals surface area contributed by atoms with E-state index in [1.165, 1.54) is 20.3 Å². The highest BCUT2D eigenvalue weighted by Crippen LogP contribution is 2.32. The topological polar surface area (TPSA) is 68.3 Å². The second kappa shape index (κ2) is 10.1. The van der Waals surface area contributed by atoms with Gasteiger partial charge < -0.3 is 24.0 Å². The number of ether oxygens (including phenoxy) is 3. The molecule has 7 nitrogen and oxygen atoms in total. The van der Waals surface area contributed by atoms with E-state index in [0.717, 1.165) is 11.6 Å². The Morgan fingerprint density at radius 1 is 1.13 bits per heavy atom. The molecule has 1 aliphatic rings. The third-order valence-corrected chi connectivity index (χ3v) is 5.52. The van der Waals surface area contributed by atoms with Gasteiger partial charge >= 0.3 is 12.1 Å². The van der Waals surface area contributed by atoms with Crippen molar-refractivity contribution >= 4 is 17.7 Å². The molecule has 1 saturated heterocycles. The smallest absolute Gasteiger partial charge is 0.410 e. The third kappa shape index (κ3) is 5.25. The number of hydrogen-bond donors (Lipinski definition) is 0. The molecule has 1 aliphatic heterocycles. The Hall–Kier alpha value is -3.29. The van der Waals surface area contributed by atoms with Crippen molar-refractivity contribution in [3.05, 3.63) is 59.4 Å². The molecule has 0 bridgehead atoms. The van der Waals surface area contributed by atoms with Gasteiger partial charge in [-0.25, -0.2) is 14.0 Å². The Kier molecular flexibility index (Phi) is 7.33. The summed E-state index contributed by atoms with van der Waals surface area (Å²) in [6, 6.07) is 12.2. The summed E-state index contributed by atoms with van der Waals surface area (Å²) in [6.07, 6.45) is 0.951. The lowest BCUT2D eigenvalue weighted by atomic mass is 10.0. The summed E-state index contributed by atoms with van der Waals surface area (Å²) in [6.45, 7) is 1.33. The summed E-state index contributed by atoms with van der Waals surface area (Å²) in [5.41, 5.74) is 1.33. The molecule has 31 heavy (non-hydrogen) atoms. The molecule has 8 heteroatoms. The molecule has 0 aliphatic carbocycles. The Labute approximate surface area is 181 Å². The first-order valence-corrected chi connectivity index (χ1v) is 10.1. The number of nitrogens with zero attached hydrogens (tertiary/aromatic N) is 2. The summed E-state index contributed by atoms with van der Waals surface area (Å²) < 4.78 is 30.0. The molecule has 1 fully saturated rings. The first-order chi connectivity index (χ1) is 14.9. The van der Waals surface area contributed by atoms with E-state index >= 15 is 0 Å². The number of amides is 1. The lowest BCUT2D eigenvalue weighted by molar-refractivity contribution is 0.0596. The van der Waals surface area contributed by atoms with E-state index in [4.69, 9.17) is 9.47 Å². The van der Waals surface area contributed by atoms with E-state index in [2.05, 4.69) is 4.74 Å². The average molecular weight is 430 g/mol. The fraction of sp³-hybridized carbons (Fsp3) is 0.391. The van der Waals surface area contributed by atoms with Crippen molar-refractivity contribution in [2.24, 2.45) is 0 Å². The van der Waals surface area contributed by atoms with Crippen LogP contribution in [0.15, 0.2) is 42.5 Å². The van der Waals surface area contributed by atoms with Crippen molar-refractivity contribution in [2.75, 3.05) is 39.3 Å². The standard InChI is InChI=1S/C23H27FN2O5/c1-25(23(28)31-15-16-7-5-4-6-8-16)17-9-11-26(12-10-17)20-14-21(29-2)18(13-19(20)24)22(27)30-3/h4-8,13-14,17H,9-12,15H2,1-3H3. The van der Waals surface area contributed by atoms with Crippen molar-refractivity contribution < 1.29 is 28.2 Å². The van der Waals surface area contributed by atoms with Gasteiger partial charge in [0.2, 0.25) is 0 Å². The Balaban J connectivity index is 1.60. The molecule has 0 aromatic heterocycles. The molecule has 2 aromatic rings. The van der Waals surface area contributed by atoms with E-state index < -0.39 is 11.8 Å². The minimum absolute atomic E-state index is 0.00109. The fourth-order valence-electron chi connectivity index (χ4n) is 3.69. The minimum atomic E-state index is -0.656. The van der Waals surface area contributed by atoms with Gasteiger partial charge in [-0.1, -0.05) is 30.3 Å². The van der Waals surface area contributed by atoms with E-state index in [9.17, 15) is 14.0 Å². The van der Waals surface area contributed by atoms with Gasteiger partial charge in [0.15, 0.2) is 0 Å². The van der Waals surface area contributed by atoms with Crippen LogP contribution < -0.4 is 9.64 Å². The zero-order valence-electron chi connectivity index (χ0n) is 18.0. The van der Waals surface area contributed by atoms with Crippen LogP contribution in [0.3, 0.4) is 0 Å². The average Bonchev–Trinajstić information content (AvgIpc) is 2.82. The van der Waals surface area contributed by atoms with Crippen LogP contribution in [0.2, 0.25) is 0 Å². The second-order valence-electron chi connectivity index (χ2n) is 7.36. The molecular weight excluding hydrogens is 403 g/mol. The first kappa shape index (κ1) is 22.4. The zero-order valence-corrected chi connectivity index (χ0v) is 18.0. The molecule has 2 aromatic carbocycles. The third-order valence-electron chi connectivity index (χ3n) is 5.52. The lowest BCUT2D eigenvalue weighted by Gasteiger charge is -2.37. The quantitative estimate of drug-likeness (QED) is 0.649. The van der Waals surface area contributed by atoms with Gasteiger partial charge in [-0.05, 0) is 24.5 Å². The Morgan fingerprint density at radius 2 is 1.81 bits per heavy atom. The van der Waals surface area contributed by atoms with Crippen LogP contribution in [0.1, 0.15) is 28.8 Å². The summed E-state index contributed by atoms with van der Waals surface area (Å²) in [5, 5.41) is 0. The molecule has 0 unspecified atom stereocenters. The summed E-state index contributed by atoms with van der Waals surface area (Å²) in [4.78, 5) is 27.7. The maximum Gasteiger partial charge on any atom is 0.410 e. The fourth-order valence-corrected chi connectivity index (χ4v) is 3.69. The molecule has 3 rings (SSSR count). The largest absolute Gasteiger partial charge is 0.496 e. The Morgan fingerprint density at radius 3 is 2.42 bits per heavy atom. The van der Waals surface area contributed by atoms with Crippen LogP contribution >= 0.6 is 0 Å². The van der Waals surface area contributed by atoms with Crippen molar-refractivity contribution in [1.29, 1.82) is 0 Å². The van der Waals surface area contributed by atoms with E-state index in [1.807, 2.05) is 35.2 Å². The normalized spacial score (nSPS) is 14.1. The number of hydrogen-bond acceptors (Lipinski definition) is 6. The number of esters is 1. The molecule has 0 atom stereocenters. The number of benzene rings is 2. The SMILES string of the molecule is COC(=O)c1cc(F)c(N2CCC(N(C)C(=O)OCc3ccccc3)CC2)cc1OC. The molecule has 1 amide bonds. The highest BCUT2D eigenvalue weighted by Gasteiger charge is 2.28. The monoisotopic (exact) mass is 430 g/mol. The molecule has 0 spiro atoms. The molecule has 166 valence electrons. The van der Waals surface area contributed by atoms with Gasteiger partial charge in [-0.3, -0.25) is 0 Å². The summed E-state index contributed by atoms with van der Waals surface area (Å²) in [7, 11) is 4.38. The van der Waals surface area contributed by atoms with Crippen LogP contribution in [0.5, 0.6) is 5.75 Å². The molecule has 0 N–H and O–H groups in total. The zero-order chi connectivity index (χ0) is 22.4. The summed E-state index contributed by atoms with van der Waals surface area (Å²) >= 11 is 0. The Bertz CT molecular complexity index is 914. The second-order valence-corrected chi connectivity index (χ2v) is 7.36. The number of anilines is 1. The summed E-state index contributed by atoms with van der Waals surface area (Å²) in [5.74, 6) is -0.918. The van der Waals surface area contributed by atoms with Gasteiger partial charge in [0, 0.05) is 32.2 Å². The maximum absolute atomic E-state index is 14.7. The molecular formula is C23H27FN2O5.